The van der Waals surface area contributed by atoms with Crippen molar-refractivity contribution in [1.82, 2.24) is 0 Å². The number of anilines is 2. The molecule has 0 saturated carbocycles. The molecule has 7 heteroatoms. The van der Waals surface area contributed by atoms with Crippen molar-refractivity contribution in [2.24, 2.45) is 0 Å². The number of ether oxygens (including phenoxy) is 1. The van der Waals surface area contributed by atoms with Gasteiger partial charge in [-0.05, 0) is 42.5 Å². The first kappa shape index (κ1) is 19.3. The number of carbonyl (C=O) groups excluding carboxylic acids is 2. The number of hydrogen-bond donors (Lipinski definition) is 1. The largest absolute Gasteiger partial charge is 0.495 e. The smallest absolute Gasteiger partial charge is 0.226 e. The van der Waals surface area contributed by atoms with Crippen LogP contribution in [0.15, 0.2) is 42.5 Å². The van der Waals surface area contributed by atoms with Gasteiger partial charge in [-0.15, -0.1) is 0 Å². The third kappa shape index (κ3) is 4.98. The summed E-state index contributed by atoms with van der Waals surface area (Å²) in [7, 11) is 1.50. The predicted octanol–water partition coefficient (Wildman–Crippen LogP) is 3.60. The minimum atomic E-state index is -0.273. The molecule has 0 fully saturated rings. The van der Waals surface area contributed by atoms with Crippen LogP contribution in [0.1, 0.15) is 18.9 Å². The summed E-state index contributed by atoms with van der Waals surface area (Å²) in [5.74, 6) is 0.0339. The molecule has 0 aliphatic carbocycles. The van der Waals surface area contributed by atoms with Crippen LogP contribution in [-0.4, -0.2) is 25.5 Å². The summed E-state index contributed by atoms with van der Waals surface area (Å²) >= 11 is 5.95. The van der Waals surface area contributed by atoms with E-state index in [1.165, 1.54) is 18.9 Å². The first-order chi connectivity index (χ1) is 12.4. The lowest BCUT2D eigenvalue weighted by atomic mass is 10.2. The van der Waals surface area contributed by atoms with Crippen molar-refractivity contribution in [1.29, 1.82) is 5.26 Å². The standard InChI is InChI=1S/C19H18ClN3O3/c1-13(24)23(16-6-3-14(12-21)4-7-16)10-9-19(25)22-17-11-15(20)5-8-18(17)26-2/h3-8,11H,9-10H2,1-2H3,(H,22,25). The molecule has 0 bridgehead atoms. The highest BCUT2D eigenvalue weighted by molar-refractivity contribution is 6.31. The molecule has 0 heterocycles. The van der Waals surface area contributed by atoms with Crippen LogP contribution >= 0.6 is 11.6 Å². The van der Waals surface area contributed by atoms with E-state index in [0.29, 0.717) is 27.7 Å². The van der Waals surface area contributed by atoms with E-state index >= 15 is 0 Å². The van der Waals surface area contributed by atoms with Gasteiger partial charge in [-0.3, -0.25) is 9.59 Å². The normalized spacial score (nSPS) is 9.92. The van der Waals surface area contributed by atoms with Crippen molar-refractivity contribution in [2.75, 3.05) is 23.9 Å². The maximum Gasteiger partial charge on any atom is 0.226 e. The van der Waals surface area contributed by atoms with Gasteiger partial charge in [-0.2, -0.15) is 5.26 Å². The predicted molar refractivity (Wildman–Crippen MR) is 100 cm³/mol. The summed E-state index contributed by atoms with van der Waals surface area (Å²) in [4.78, 5) is 25.6. The molecule has 1 N–H and O–H groups in total. The number of hydrogen-bond acceptors (Lipinski definition) is 4. The Labute approximate surface area is 156 Å². The quantitative estimate of drug-likeness (QED) is 0.840. The van der Waals surface area contributed by atoms with Gasteiger partial charge in [0.1, 0.15) is 5.75 Å². The van der Waals surface area contributed by atoms with Gasteiger partial charge in [-0.25, -0.2) is 0 Å². The van der Waals surface area contributed by atoms with E-state index < -0.39 is 0 Å². The van der Waals surface area contributed by atoms with E-state index in [0.717, 1.165) is 0 Å². The molecule has 0 radical (unpaired) electrons. The summed E-state index contributed by atoms with van der Waals surface area (Å²) in [6, 6.07) is 13.6. The molecule has 0 aliphatic heterocycles. The number of halogens is 1. The summed E-state index contributed by atoms with van der Waals surface area (Å²) in [6.07, 6.45) is 0.0925. The van der Waals surface area contributed by atoms with Crippen molar-refractivity contribution < 1.29 is 14.3 Å². The summed E-state index contributed by atoms with van der Waals surface area (Å²) < 4.78 is 5.19. The van der Waals surface area contributed by atoms with E-state index in [9.17, 15) is 9.59 Å². The number of benzene rings is 2. The number of nitrogens with zero attached hydrogens (tertiary/aromatic N) is 2. The van der Waals surface area contributed by atoms with Gasteiger partial charge < -0.3 is 15.0 Å². The molecule has 2 rings (SSSR count). The second-order valence-corrected chi connectivity index (χ2v) is 5.91. The first-order valence-electron chi connectivity index (χ1n) is 7.86. The van der Waals surface area contributed by atoms with E-state index in [1.54, 1.807) is 42.5 Å². The topological polar surface area (TPSA) is 82.4 Å². The lowest BCUT2D eigenvalue weighted by Crippen LogP contribution is -2.32. The summed E-state index contributed by atoms with van der Waals surface area (Å²) in [5, 5.41) is 12.1. The molecular formula is C19H18ClN3O3. The van der Waals surface area contributed by atoms with Crippen LogP contribution in [0, 0.1) is 11.3 Å². The van der Waals surface area contributed by atoms with Crippen molar-refractivity contribution in [3.8, 4) is 11.8 Å². The SMILES string of the molecule is COc1ccc(Cl)cc1NC(=O)CCN(C(C)=O)c1ccc(C#N)cc1. The third-order valence-corrected chi connectivity index (χ3v) is 3.92. The highest BCUT2D eigenvalue weighted by atomic mass is 35.5. The maximum absolute atomic E-state index is 12.3. The van der Waals surface area contributed by atoms with Crippen molar-refractivity contribution in [3.63, 3.8) is 0 Å². The zero-order chi connectivity index (χ0) is 19.1. The Kier molecular flexibility index (Phi) is 6.59. The molecule has 6 nitrogen and oxygen atoms in total. The monoisotopic (exact) mass is 371 g/mol. The van der Waals surface area contributed by atoms with E-state index in [2.05, 4.69) is 5.32 Å². The third-order valence-electron chi connectivity index (χ3n) is 3.69. The lowest BCUT2D eigenvalue weighted by molar-refractivity contribution is -0.117. The highest BCUT2D eigenvalue weighted by Gasteiger charge is 2.15. The Morgan fingerprint density at radius 2 is 1.92 bits per heavy atom. The van der Waals surface area contributed by atoms with Crippen LogP contribution in [0.3, 0.4) is 0 Å². The zero-order valence-electron chi connectivity index (χ0n) is 14.5. The van der Waals surface area contributed by atoms with Gasteiger partial charge in [0.25, 0.3) is 0 Å². The highest BCUT2D eigenvalue weighted by Crippen LogP contribution is 2.27. The molecule has 26 heavy (non-hydrogen) atoms. The Hall–Kier alpha value is -3.04. The van der Waals surface area contributed by atoms with Gasteiger partial charge in [0.2, 0.25) is 11.8 Å². The van der Waals surface area contributed by atoms with Gasteiger partial charge in [0, 0.05) is 30.6 Å². The van der Waals surface area contributed by atoms with Gasteiger partial charge in [0.05, 0.1) is 24.4 Å². The molecular weight excluding hydrogens is 354 g/mol. The average Bonchev–Trinajstić information content (AvgIpc) is 2.62. The van der Waals surface area contributed by atoms with E-state index in [4.69, 9.17) is 21.6 Å². The molecule has 0 atom stereocenters. The lowest BCUT2D eigenvalue weighted by Gasteiger charge is -2.21. The molecule has 2 amide bonds. The number of amides is 2. The number of carbonyl (C=O) groups is 2. The molecule has 0 unspecified atom stereocenters. The van der Waals surface area contributed by atoms with E-state index in [1.807, 2.05) is 6.07 Å². The first-order valence-corrected chi connectivity index (χ1v) is 8.24. The number of methoxy groups -OCH3 is 1. The van der Waals surface area contributed by atoms with Crippen LogP contribution in [0.4, 0.5) is 11.4 Å². The van der Waals surface area contributed by atoms with Crippen LogP contribution in [0.25, 0.3) is 0 Å². The van der Waals surface area contributed by atoms with E-state index in [-0.39, 0.29) is 24.8 Å². The molecule has 0 aromatic heterocycles. The fourth-order valence-corrected chi connectivity index (χ4v) is 2.56. The zero-order valence-corrected chi connectivity index (χ0v) is 15.2. The molecule has 134 valence electrons. The maximum atomic E-state index is 12.3. The molecule has 0 saturated heterocycles. The second kappa shape index (κ2) is 8.88. The molecule has 0 aliphatic rings. The van der Waals surface area contributed by atoms with Crippen LogP contribution in [0.2, 0.25) is 5.02 Å². The number of nitrogens with one attached hydrogen (secondary N) is 1. The van der Waals surface area contributed by atoms with Crippen molar-refractivity contribution in [3.05, 3.63) is 53.1 Å². The summed E-state index contributed by atoms with van der Waals surface area (Å²) in [6.45, 7) is 1.63. The number of rotatable bonds is 6. The molecule has 0 spiro atoms. The van der Waals surface area contributed by atoms with Crippen LogP contribution < -0.4 is 15.0 Å². The summed E-state index contributed by atoms with van der Waals surface area (Å²) in [5.41, 5.74) is 1.60. The minimum absolute atomic E-state index is 0.0925. The Bertz CT molecular complexity index is 844. The van der Waals surface area contributed by atoms with Crippen molar-refractivity contribution in [2.45, 2.75) is 13.3 Å². The molecule has 2 aromatic carbocycles. The Morgan fingerprint density at radius 3 is 2.50 bits per heavy atom. The van der Waals surface area contributed by atoms with Gasteiger partial charge in [-0.1, -0.05) is 11.6 Å². The minimum Gasteiger partial charge on any atom is -0.495 e. The van der Waals surface area contributed by atoms with Gasteiger partial charge >= 0.3 is 0 Å². The second-order valence-electron chi connectivity index (χ2n) is 5.47. The average molecular weight is 372 g/mol. The van der Waals surface area contributed by atoms with Gasteiger partial charge in [0.15, 0.2) is 0 Å². The van der Waals surface area contributed by atoms with Crippen LogP contribution in [0.5, 0.6) is 5.75 Å². The van der Waals surface area contributed by atoms with Crippen molar-refractivity contribution >= 4 is 34.8 Å². The molecule has 2 aromatic rings. The number of nitriles is 1. The Balaban J connectivity index is 2.05. The Morgan fingerprint density at radius 1 is 1.23 bits per heavy atom. The fraction of sp³-hybridized carbons (Fsp3) is 0.211. The van der Waals surface area contributed by atoms with Crippen LogP contribution in [-0.2, 0) is 9.59 Å². The fourth-order valence-electron chi connectivity index (χ4n) is 2.39.